The lowest BCUT2D eigenvalue weighted by atomic mass is 9.98. The maximum absolute atomic E-state index is 5.97. The van der Waals surface area contributed by atoms with Crippen LogP contribution in [0.25, 0.3) is 0 Å². The maximum atomic E-state index is 5.97. The minimum atomic E-state index is 0.518. The summed E-state index contributed by atoms with van der Waals surface area (Å²) in [5.74, 6) is 3.06. The van der Waals surface area contributed by atoms with Gasteiger partial charge in [0.05, 0.1) is 6.20 Å². The molecule has 2 saturated heterocycles. The Kier molecular flexibility index (Phi) is 3.43. The molecule has 1 aromatic rings. The third-order valence-electron chi connectivity index (χ3n) is 3.85. The molecule has 0 radical (unpaired) electrons. The molecule has 94 valence electrons. The van der Waals surface area contributed by atoms with Crippen LogP contribution >= 0.6 is 0 Å². The van der Waals surface area contributed by atoms with Gasteiger partial charge in [-0.2, -0.15) is 0 Å². The predicted octanol–water partition coefficient (Wildman–Crippen LogP) is 2.04. The van der Waals surface area contributed by atoms with Crippen LogP contribution in [0, 0.1) is 0 Å². The van der Waals surface area contributed by atoms with Crippen LogP contribution < -0.4 is 5.32 Å². The smallest absolute Gasteiger partial charge is 0.197 e. The van der Waals surface area contributed by atoms with Crippen LogP contribution in [0.4, 0.5) is 0 Å². The SMILES string of the molecule is c1nc(C2CCNCC2)oc1C1CCOCC1. The lowest BCUT2D eigenvalue weighted by molar-refractivity contribution is 0.0802. The van der Waals surface area contributed by atoms with Crippen molar-refractivity contribution in [3.63, 3.8) is 0 Å². The van der Waals surface area contributed by atoms with Crippen molar-refractivity contribution < 1.29 is 9.15 Å². The average molecular weight is 236 g/mol. The van der Waals surface area contributed by atoms with Crippen molar-refractivity contribution in [3.8, 4) is 0 Å². The Labute approximate surface area is 102 Å². The van der Waals surface area contributed by atoms with Crippen molar-refractivity contribution in [1.82, 2.24) is 10.3 Å². The largest absolute Gasteiger partial charge is 0.445 e. The minimum Gasteiger partial charge on any atom is -0.445 e. The molecule has 0 saturated carbocycles. The molecule has 0 aliphatic carbocycles. The average Bonchev–Trinajstić information content (AvgIpc) is 2.90. The zero-order chi connectivity index (χ0) is 11.5. The van der Waals surface area contributed by atoms with Crippen molar-refractivity contribution in [2.24, 2.45) is 0 Å². The van der Waals surface area contributed by atoms with Crippen molar-refractivity contribution in [1.29, 1.82) is 0 Å². The van der Waals surface area contributed by atoms with Crippen LogP contribution in [0.15, 0.2) is 10.6 Å². The van der Waals surface area contributed by atoms with Crippen molar-refractivity contribution in [3.05, 3.63) is 17.8 Å². The van der Waals surface area contributed by atoms with E-state index >= 15 is 0 Å². The van der Waals surface area contributed by atoms with E-state index in [1.165, 1.54) is 0 Å². The highest BCUT2D eigenvalue weighted by molar-refractivity contribution is 5.06. The highest BCUT2D eigenvalue weighted by Crippen LogP contribution is 2.31. The fraction of sp³-hybridized carbons (Fsp3) is 0.769. The van der Waals surface area contributed by atoms with Gasteiger partial charge in [0.15, 0.2) is 5.89 Å². The summed E-state index contributed by atoms with van der Waals surface area (Å²) in [7, 11) is 0. The minimum absolute atomic E-state index is 0.518. The van der Waals surface area contributed by atoms with Gasteiger partial charge in [0, 0.05) is 25.0 Å². The quantitative estimate of drug-likeness (QED) is 0.853. The molecule has 0 aromatic carbocycles. The molecule has 2 aliphatic rings. The van der Waals surface area contributed by atoms with Gasteiger partial charge in [-0.25, -0.2) is 4.98 Å². The number of nitrogens with zero attached hydrogens (tertiary/aromatic N) is 1. The molecule has 4 nitrogen and oxygen atoms in total. The molecule has 0 amide bonds. The number of nitrogens with one attached hydrogen (secondary N) is 1. The summed E-state index contributed by atoms with van der Waals surface area (Å²) in [6.45, 7) is 3.88. The van der Waals surface area contributed by atoms with E-state index in [1.54, 1.807) is 0 Å². The van der Waals surface area contributed by atoms with E-state index in [1.807, 2.05) is 6.20 Å². The highest BCUT2D eigenvalue weighted by atomic mass is 16.5. The van der Waals surface area contributed by atoms with Gasteiger partial charge < -0.3 is 14.5 Å². The second-order valence-corrected chi connectivity index (χ2v) is 5.01. The molecule has 0 unspecified atom stereocenters. The van der Waals surface area contributed by atoms with Crippen molar-refractivity contribution >= 4 is 0 Å². The summed E-state index contributed by atoms with van der Waals surface area (Å²) >= 11 is 0. The summed E-state index contributed by atoms with van der Waals surface area (Å²) in [6, 6.07) is 0. The summed E-state index contributed by atoms with van der Waals surface area (Å²) in [5, 5.41) is 3.37. The van der Waals surface area contributed by atoms with E-state index in [4.69, 9.17) is 9.15 Å². The third kappa shape index (κ3) is 2.53. The Morgan fingerprint density at radius 2 is 1.82 bits per heavy atom. The van der Waals surface area contributed by atoms with Crippen molar-refractivity contribution in [2.75, 3.05) is 26.3 Å². The molecule has 3 heterocycles. The van der Waals surface area contributed by atoms with Crippen LogP contribution in [-0.2, 0) is 4.74 Å². The van der Waals surface area contributed by atoms with E-state index in [0.29, 0.717) is 11.8 Å². The molecule has 1 aromatic heterocycles. The molecule has 2 aliphatic heterocycles. The van der Waals surface area contributed by atoms with Crippen molar-refractivity contribution in [2.45, 2.75) is 37.5 Å². The van der Waals surface area contributed by atoms with Gasteiger partial charge in [-0.15, -0.1) is 0 Å². The summed E-state index contributed by atoms with van der Waals surface area (Å²) in [4.78, 5) is 4.48. The first-order valence-electron chi connectivity index (χ1n) is 6.67. The Morgan fingerprint density at radius 3 is 2.59 bits per heavy atom. The van der Waals surface area contributed by atoms with Gasteiger partial charge in [-0.3, -0.25) is 0 Å². The van der Waals surface area contributed by atoms with Crippen LogP contribution in [0.2, 0.25) is 0 Å². The Balaban J connectivity index is 1.68. The van der Waals surface area contributed by atoms with Crippen LogP contribution in [0.5, 0.6) is 0 Å². The topological polar surface area (TPSA) is 47.3 Å². The standard InChI is InChI=1S/C13H20N2O2/c1-5-14-6-2-11(1)13-15-9-12(17-13)10-3-7-16-8-4-10/h9-11,14H,1-8H2. The maximum Gasteiger partial charge on any atom is 0.197 e. The number of aromatic nitrogens is 1. The molecular weight excluding hydrogens is 216 g/mol. The molecule has 0 spiro atoms. The number of piperidine rings is 1. The zero-order valence-electron chi connectivity index (χ0n) is 10.2. The summed E-state index contributed by atoms with van der Waals surface area (Å²) < 4.78 is 11.3. The third-order valence-corrected chi connectivity index (χ3v) is 3.85. The first-order chi connectivity index (χ1) is 8.43. The zero-order valence-corrected chi connectivity index (χ0v) is 10.2. The number of oxazole rings is 1. The molecule has 0 bridgehead atoms. The summed E-state index contributed by atoms with van der Waals surface area (Å²) in [5.41, 5.74) is 0. The summed E-state index contributed by atoms with van der Waals surface area (Å²) in [6.07, 6.45) is 6.37. The number of ether oxygens (including phenoxy) is 1. The van der Waals surface area contributed by atoms with Gasteiger partial charge in [0.1, 0.15) is 5.76 Å². The van der Waals surface area contributed by atoms with Crippen LogP contribution in [0.1, 0.15) is 49.2 Å². The molecule has 1 N–H and O–H groups in total. The van der Waals surface area contributed by atoms with Gasteiger partial charge in [0.2, 0.25) is 0 Å². The fourth-order valence-electron chi connectivity index (χ4n) is 2.73. The lowest BCUT2D eigenvalue weighted by Gasteiger charge is -2.21. The molecule has 4 heteroatoms. The molecular formula is C13H20N2O2. The number of hydrogen-bond acceptors (Lipinski definition) is 4. The van der Waals surface area contributed by atoms with Gasteiger partial charge >= 0.3 is 0 Å². The highest BCUT2D eigenvalue weighted by Gasteiger charge is 2.24. The van der Waals surface area contributed by atoms with Gasteiger partial charge in [0.25, 0.3) is 0 Å². The Bertz CT molecular complexity index is 320. The Hall–Kier alpha value is -0.870. The second-order valence-electron chi connectivity index (χ2n) is 5.01. The lowest BCUT2D eigenvalue weighted by Crippen LogP contribution is -2.26. The van der Waals surface area contributed by atoms with E-state index in [0.717, 1.165) is 63.6 Å². The molecule has 2 fully saturated rings. The van der Waals surface area contributed by atoms with E-state index in [2.05, 4.69) is 10.3 Å². The van der Waals surface area contributed by atoms with E-state index < -0.39 is 0 Å². The predicted molar refractivity (Wildman–Crippen MR) is 64.1 cm³/mol. The van der Waals surface area contributed by atoms with Crippen LogP contribution in [0.3, 0.4) is 0 Å². The second kappa shape index (κ2) is 5.19. The van der Waals surface area contributed by atoms with Gasteiger partial charge in [-0.05, 0) is 38.8 Å². The van der Waals surface area contributed by atoms with Gasteiger partial charge in [-0.1, -0.05) is 0 Å². The first-order valence-corrected chi connectivity index (χ1v) is 6.67. The number of rotatable bonds is 2. The van der Waals surface area contributed by atoms with E-state index in [9.17, 15) is 0 Å². The van der Waals surface area contributed by atoms with Crippen LogP contribution in [-0.4, -0.2) is 31.3 Å². The van der Waals surface area contributed by atoms with E-state index in [-0.39, 0.29) is 0 Å². The fourth-order valence-corrected chi connectivity index (χ4v) is 2.73. The molecule has 17 heavy (non-hydrogen) atoms. The molecule has 3 rings (SSSR count). The molecule has 0 atom stereocenters. The first kappa shape index (κ1) is 11.2. The Morgan fingerprint density at radius 1 is 1.06 bits per heavy atom. The number of hydrogen-bond donors (Lipinski definition) is 1. The monoisotopic (exact) mass is 236 g/mol. The normalized spacial score (nSPS) is 24.0.